The van der Waals surface area contributed by atoms with Gasteiger partial charge in [0.1, 0.15) is 5.65 Å². The van der Waals surface area contributed by atoms with Crippen LogP contribution in [-0.2, 0) is 6.54 Å². The monoisotopic (exact) mass is 442 g/mol. The maximum absolute atomic E-state index is 12.5. The van der Waals surface area contributed by atoms with E-state index in [9.17, 15) is 4.79 Å². The Balaban J connectivity index is 0.00000245. The minimum absolute atomic E-state index is 0. The van der Waals surface area contributed by atoms with Crippen molar-refractivity contribution in [1.29, 1.82) is 5.26 Å². The van der Waals surface area contributed by atoms with Gasteiger partial charge in [0, 0.05) is 41.6 Å². The lowest BCUT2D eigenvalue weighted by molar-refractivity contribution is 0.262. The summed E-state index contributed by atoms with van der Waals surface area (Å²) in [7, 11) is 0. The molecule has 3 heterocycles. The van der Waals surface area contributed by atoms with Crippen LogP contribution in [0.4, 0.5) is 16.2 Å². The summed E-state index contributed by atoms with van der Waals surface area (Å²) in [5.74, 6) is 0. The molecule has 3 N–H and O–H groups in total. The summed E-state index contributed by atoms with van der Waals surface area (Å²) in [5.41, 5.74) is 4.80. The third kappa shape index (κ3) is 4.00. The number of halogens is 1. The SMILES string of the molecule is Cl.N#Cc1cccc(NC(=O)Nc2cccc3c2ccn3Cc2c[nH]c3ncccc23)c1. The summed E-state index contributed by atoms with van der Waals surface area (Å²) in [6, 6.07) is 20.3. The Morgan fingerprint density at radius 1 is 1.06 bits per heavy atom. The first-order valence-electron chi connectivity index (χ1n) is 9.78. The number of carbonyl (C=O) groups is 1. The van der Waals surface area contributed by atoms with Gasteiger partial charge in [-0.25, -0.2) is 9.78 Å². The van der Waals surface area contributed by atoms with Gasteiger partial charge in [0.25, 0.3) is 0 Å². The molecule has 0 fully saturated rings. The van der Waals surface area contributed by atoms with Crippen LogP contribution in [0.1, 0.15) is 11.1 Å². The van der Waals surface area contributed by atoms with E-state index in [-0.39, 0.29) is 18.4 Å². The summed E-state index contributed by atoms with van der Waals surface area (Å²) in [5, 5.41) is 16.7. The van der Waals surface area contributed by atoms with Gasteiger partial charge in [0.2, 0.25) is 0 Å². The van der Waals surface area contributed by atoms with E-state index < -0.39 is 0 Å². The second-order valence-electron chi connectivity index (χ2n) is 7.17. The van der Waals surface area contributed by atoms with Gasteiger partial charge in [-0.05, 0) is 54.1 Å². The predicted molar refractivity (Wildman–Crippen MR) is 128 cm³/mol. The average molecular weight is 443 g/mol. The predicted octanol–water partition coefficient (Wildman–Crippen LogP) is 5.50. The first-order chi connectivity index (χ1) is 15.2. The van der Waals surface area contributed by atoms with Gasteiger partial charge in [-0.2, -0.15) is 5.26 Å². The van der Waals surface area contributed by atoms with Crippen LogP contribution in [0, 0.1) is 11.3 Å². The number of benzene rings is 2. The Bertz CT molecular complexity index is 1460. The van der Waals surface area contributed by atoms with Crippen molar-refractivity contribution in [2.75, 3.05) is 10.6 Å². The molecule has 0 unspecified atom stereocenters. The van der Waals surface area contributed by atoms with Crippen molar-refractivity contribution < 1.29 is 4.79 Å². The second kappa shape index (κ2) is 8.84. The molecule has 0 aliphatic heterocycles. The van der Waals surface area contributed by atoms with E-state index in [1.165, 1.54) is 0 Å². The molecule has 8 heteroatoms. The zero-order valence-corrected chi connectivity index (χ0v) is 17.7. The fourth-order valence-corrected chi connectivity index (χ4v) is 3.75. The number of hydrogen-bond donors (Lipinski definition) is 3. The lowest BCUT2D eigenvalue weighted by atomic mass is 10.2. The van der Waals surface area contributed by atoms with Crippen LogP contribution in [0.25, 0.3) is 21.9 Å². The Kier molecular flexibility index (Phi) is 5.79. The molecule has 0 atom stereocenters. The van der Waals surface area contributed by atoms with Crippen LogP contribution in [0.5, 0.6) is 0 Å². The summed E-state index contributed by atoms with van der Waals surface area (Å²) < 4.78 is 2.14. The van der Waals surface area contributed by atoms with Gasteiger partial charge < -0.3 is 20.2 Å². The van der Waals surface area contributed by atoms with Crippen LogP contribution in [-0.4, -0.2) is 20.6 Å². The van der Waals surface area contributed by atoms with E-state index in [4.69, 9.17) is 5.26 Å². The molecule has 5 aromatic rings. The summed E-state index contributed by atoms with van der Waals surface area (Å²) >= 11 is 0. The Labute approximate surface area is 190 Å². The molecular formula is C24H19ClN6O. The number of pyridine rings is 1. The zero-order valence-electron chi connectivity index (χ0n) is 16.9. The first-order valence-corrected chi connectivity index (χ1v) is 9.78. The van der Waals surface area contributed by atoms with Crippen molar-refractivity contribution in [3.63, 3.8) is 0 Å². The van der Waals surface area contributed by atoms with Crippen LogP contribution in [0.15, 0.2) is 79.3 Å². The third-order valence-electron chi connectivity index (χ3n) is 5.19. The quantitative estimate of drug-likeness (QED) is 0.342. The molecule has 2 aromatic carbocycles. The number of rotatable bonds is 4. The lowest BCUT2D eigenvalue weighted by Gasteiger charge is -2.10. The molecule has 0 radical (unpaired) electrons. The number of aromatic amines is 1. The van der Waals surface area contributed by atoms with Gasteiger partial charge in [-0.1, -0.05) is 12.1 Å². The Morgan fingerprint density at radius 3 is 2.81 bits per heavy atom. The van der Waals surface area contributed by atoms with Gasteiger partial charge in [0.15, 0.2) is 0 Å². The number of urea groups is 1. The summed E-state index contributed by atoms with van der Waals surface area (Å²) in [4.78, 5) is 20.1. The minimum Gasteiger partial charge on any atom is -0.346 e. The molecule has 7 nitrogen and oxygen atoms in total. The number of nitrogens with one attached hydrogen (secondary N) is 3. The molecule has 158 valence electrons. The van der Waals surface area contributed by atoms with Crippen LogP contribution < -0.4 is 10.6 Å². The molecule has 2 amide bonds. The number of fused-ring (bicyclic) bond motifs is 2. The zero-order chi connectivity index (χ0) is 21.2. The van der Waals surface area contributed by atoms with Gasteiger partial charge >= 0.3 is 6.03 Å². The largest absolute Gasteiger partial charge is 0.346 e. The van der Waals surface area contributed by atoms with Crippen molar-refractivity contribution in [2.45, 2.75) is 6.54 Å². The summed E-state index contributed by atoms with van der Waals surface area (Å²) in [6.45, 7) is 0.686. The van der Waals surface area contributed by atoms with E-state index in [1.54, 1.807) is 30.5 Å². The van der Waals surface area contributed by atoms with Crippen molar-refractivity contribution >= 4 is 51.7 Å². The van der Waals surface area contributed by atoms with Crippen molar-refractivity contribution in [3.05, 3.63) is 90.4 Å². The standard InChI is InChI=1S/C24H18N6O.ClH/c25-13-16-4-1-5-18(12-16)28-24(31)29-21-7-2-8-22-20(21)9-11-30(22)15-17-14-27-23-19(17)6-3-10-26-23;/h1-12,14H,15H2,(H,26,27)(H2,28,29,31);1H. The highest BCUT2D eigenvalue weighted by Crippen LogP contribution is 2.27. The van der Waals surface area contributed by atoms with Crippen molar-refractivity contribution in [3.8, 4) is 6.07 Å². The first kappa shape index (κ1) is 21.0. The number of amides is 2. The Morgan fingerprint density at radius 2 is 1.94 bits per heavy atom. The maximum atomic E-state index is 12.5. The topological polar surface area (TPSA) is 98.5 Å². The molecular weight excluding hydrogens is 424 g/mol. The fourth-order valence-electron chi connectivity index (χ4n) is 3.75. The molecule has 5 rings (SSSR count). The van der Waals surface area contributed by atoms with Crippen LogP contribution >= 0.6 is 12.4 Å². The van der Waals surface area contributed by atoms with Gasteiger partial charge in [-0.3, -0.25) is 0 Å². The molecule has 0 saturated carbocycles. The van der Waals surface area contributed by atoms with Gasteiger partial charge in [0.05, 0.1) is 22.8 Å². The van der Waals surface area contributed by atoms with E-state index >= 15 is 0 Å². The number of aromatic nitrogens is 3. The molecule has 32 heavy (non-hydrogen) atoms. The average Bonchev–Trinajstić information content (AvgIpc) is 3.39. The van der Waals surface area contributed by atoms with E-state index in [1.807, 2.05) is 42.7 Å². The normalized spacial score (nSPS) is 10.5. The lowest BCUT2D eigenvalue weighted by Crippen LogP contribution is -2.19. The number of nitriles is 1. The third-order valence-corrected chi connectivity index (χ3v) is 5.19. The van der Waals surface area contributed by atoms with Gasteiger partial charge in [-0.15, -0.1) is 12.4 Å². The highest BCUT2D eigenvalue weighted by atomic mass is 35.5. The molecule has 0 aliphatic rings. The van der Waals surface area contributed by atoms with E-state index in [2.05, 4.69) is 37.3 Å². The Hall–Kier alpha value is -4.28. The molecule has 3 aromatic heterocycles. The number of nitrogens with zero attached hydrogens (tertiary/aromatic N) is 3. The highest BCUT2D eigenvalue weighted by Gasteiger charge is 2.11. The maximum Gasteiger partial charge on any atom is 0.323 e. The summed E-state index contributed by atoms with van der Waals surface area (Å²) in [6.07, 6.45) is 5.76. The van der Waals surface area contributed by atoms with Crippen LogP contribution in [0.3, 0.4) is 0 Å². The van der Waals surface area contributed by atoms with Crippen LogP contribution in [0.2, 0.25) is 0 Å². The van der Waals surface area contributed by atoms with E-state index in [0.29, 0.717) is 23.5 Å². The molecule has 0 bridgehead atoms. The number of carbonyl (C=O) groups excluding carboxylic acids is 1. The molecule has 0 spiro atoms. The number of anilines is 2. The second-order valence-corrected chi connectivity index (χ2v) is 7.17. The van der Waals surface area contributed by atoms with E-state index in [0.717, 1.165) is 27.5 Å². The fraction of sp³-hybridized carbons (Fsp3) is 0.0417. The molecule has 0 saturated heterocycles. The molecule has 0 aliphatic carbocycles. The highest BCUT2D eigenvalue weighted by molar-refractivity contribution is 6.05. The van der Waals surface area contributed by atoms with Crippen molar-refractivity contribution in [1.82, 2.24) is 14.5 Å². The number of H-pyrrole nitrogens is 1. The minimum atomic E-state index is -0.363. The van der Waals surface area contributed by atoms with Crippen molar-refractivity contribution in [2.24, 2.45) is 0 Å². The smallest absolute Gasteiger partial charge is 0.323 e. The number of hydrogen-bond acceptors (Lipinski definition) is 3.